The van der Waals surface area contributed by atoms with Gasteiger partial charge in [0.15, 0.2) is 0 Å². The zero-order valence-corrected chi connectivity index (χ0v) is 15.7. The topological polar surface area (TPSA) is 55.4 Å². The van der Waals surface area contributed by atoms with Gasteiger partial charge in [-0.3, -0.25) is 4.72 Å². The zero-order valence-electron chi connectivity index (χ0n) is 14.8. The molecule has 27 heavy (non-hydrogen) atoms. The molecule has 4 rings (SSSR count). The second-order valence-electron chi connectivity index (χ2n) is 6.50. The molecule has 0 saturated heterocycles. The first kappa shape index (κ1) is 17.4. The molecular weight excluding hydrogens is 358 g/mol. The van der Waals surface area contributed by atoms with E-state index in [0.29, 0.717) is 12.3 Å². The lowest BCUT2D eigenvalue weighted by atomic mass is 9.92. The molecule has 0 spiro atoms. The molecule has 1 N–H and O–H groups in total. The van der Waals surface area contributed by atoms with E-state index >= 15 is 0 Å². The van der Waals surface area contributed by atoms with Gasteiger partial charge in [0.2, 0.25) is 10.0 Å². The number of fused-ring (bicyclic) bond motifs is 2. The van der Waals surface area contributed by atoms with Crippen LogP contribution in [0.4, 0.5) is 5.69 Å². The van der Waals surface area contributed by atoms with Crippen LogP contribution in [0.15, 0.2) is 72.8 Å². The highest BCUT2D eigenvalue weighted by Crippen LogP contribution is 2.37. The second kappa shape index (κ2) is 6.93. The van der Waals surface area contributed by atoms with Crippen LogP contribution >= 0.6 is 0 Å². The number of benzene rings is 3. The Kier molecular flexibility index (Phi) is 4.46. The van der Waals surface area contributed by atoms with Gasteiger partial charge in [0.1, 0.15) is 12.4 Å². The van der Waals surface area contributed by atoms with Crippen LogP contribution in [0.5, 0.6) is 5.75 Å². The molecule has 0 aliphatic carbocycles. The van der Waals surface area contributed by atoms with Gasteiger partial charge < -0.3 is 4.74 Å². The molecule has 0 bridgehead atoms. The summed E-state index contributed by atoms with van der Waals surface area (Å²) in [5.74, 6) is 0.838. The molecule has 3 aromatic carbocycles. The fourth-order valence-electron chi connectivity index (χ4n) is 3.25. The Hall–Kier alpha value is -3.05. The van der Waals surface area contributed by atoms with Gasteiger partial charge >= 0.3 is 0 Å². The van der Waals surface area contributed by atoms with Crippen LogP contribution in [0.1, 0.15) is 22.3 Å². The third kappa shape index (κ3) is 3.88. The van der Waals surface area contributed by atoms with Crippen LogP contribution in [0.25, 0.3) is 11.6 Å². The third-order valence-corrected chi connectivity index (χ3v) is 4.98. The Balaban J connectivity index is 1.87. The van der Waals surface area contributed by atoms with E-state index in [1.165, 1.54) is 0 Å². The van der Waals surface area contributed by atoms with Gasteiger partial charge in [-0.2, -0.15) is 0 Å². The third-order valence-electron chi connectivity index (χ3n) is 4.37. The molecule has 4 nitrogen and oxygen atoms in total. The maximum Gasteiger partial charge on any atom is 0.229 e. The predicted molar refractivity (Wildman–Crippen MR) is 109 cm³/mol. The van der Waals surface area contributed by atoms with Crippen LogP contribution in [0.2, 0.25) is 0 Å². The first-order valence-corrected chi connectivity index (χ1v) is 10.5. The number of sulfonamides is 1. The molecule has 1 heterocycles. The Bertz CT molecular complexity index is 1080. The van der Waals surface area contributed by atoms with E-state index in [0.717, 1.165) is 39.8 Å². The summed E-state index contributed by atoms with van der Waals surface area (Å²) in [6.07, 6.45) is 3.22. The summed E-state index contributed by atoms with van der Waals surface area (Å²) in [6.45, 7) is 0.514. The molecular formula is C22H19NO3S. The lowest BCUT2D eigenvalue weighted by molar-refractivity contribution is 0.307. The van der Waals surface area contributed by atoms with Gasteiger partial charge in [-0.25, -0.2) is 8.42 Å². The van der Waals surface area contributed by atoms with E-state index in [1.807, 2.05) is 54.6 Å². The highest BCUT2D eigenvalue weighted by molar-refractivity contribution is 7.92. The summed E-state index contributed by atoms with van der Waals surface area (Å²) in [4.78, 5) is 0. The van der Waals surface area contributed by atoms with E-state index in [1.54, 1.807) is 6.07 Å². The molecule has 0 atom stereocenters. The number of para-hydroxylation sites is 1. The second-order valence-corrected chi connectivity index (χ2v) is 8.25. The Labute approximate surface area is 159 Å². The van der Waals surface area contributed by atoms with Crippen molar-refractivity contribution in [2.24, 2.45) is 0 Å². The Morgan fingerprint density at radius 2 is 1.67 bits per heavy atom. The lowest BCUT2D eigenvalue weighted by Crippen LogP contribution is -2.09. The van der Waals surface area contributed by atoms with Gasteiger partial charge in [-0.15, -0.1) is 0 Å². The Morgan fingerprint density at radius 3 is 2.48 bits per heavy atom. The monoisotopic (exact) mass is 377 g/mol. The molecule has 136 valence electrons. The average Bonchev–Trinajstić information content (AvgIpc) is 2.79. The smallest absolute Gasteiger partial charge is 0.229 e. The van der Waals surface area contributed by atoms with Crippen LogP contribution in [0, 0.1) is 0 Å². The van der Waals surface area contributed by atoms with Crippen molar-refractivity contribution in [1.29, 1.82) is 0 Å². The van der Waals surface area contributed by atoms with Crippen LogP contribution in [0.3, 0.4) is 0 Å². The van der Waals surface area contributed by atoms with Crippen LogP contribution in [-0.2, 0) is 16.6 Å². The minimum atomic E-state index is -3.32. The zero-order chi connectivity index (χ0) is 18.9. The normalized spacial score (nSPS) is 14.6. The minimum absolute atomic E-state index is 0.514. The molecule has 0 amide bonds. The number of nitrogens with one attached hydrogen (secondary N) is 1. The summed E-state index contributed by atoms with van der Waals surface area (Å²) >= 11 is 0. The van der Waals surface area contributed by atoms with Crippen molar-refractivity contribution in [3.05, 3.63) is 95.1 Å². The SMILES string of the molecule is CS(=O)(=O)Nc1cccc(C=C2c3ccccc3COc3ccccc32)c1. The van der Waals surface area contributed by atoms with E-state index < -0.39 is 10.0 Å². The molecule has 0 radical (unpaired) electrons. The van der Waals surface area contributed by atoms with Gasteiger partial charge in [0.25, 0.3) is 0 Å². The molecule has 1 aliphatic rings. The van der Waals surface area contributed by atoms with Gasteiger partial charge in [-0.1, -0.05) is 54.6 Å². The van der Waals surface area contributed by atoms with E-state index in [2.05, 4.69) is 22.9 Å². The number of hydrogen-bond acceptors (Lipinski definition) is 3. The molecule has 1 aliphatic heterocycles. The first-order valence-electron chi connectivity index (χ1n) is 8.60. The van der Waals surface area contributed by atoms with Crippen molar-refractivity contribution in [2.75, 3.05) is 11.0 Å². The van der Waals surface area contributed by atoms with Crippen molar-refractivity contribution in [2.45, 2.75) is 6.61 Å². The van der Waals surface area contributed by atoms with Gasteiger partial charge in [0.05, 0.1) is 6.26 Å². The summed E-state index contributed by atoms with van der Waals surface area (Å²) in [5.41, 5.74) is 5.75. The predicted octanol–water partition coefficient (Wildman–Crippen LogP) is 4.54. The summed E-state index contributed by atoms with van der Waals surface area (Å²) in [5, 5.41) is 0. The molecule has 0 fully saturated rings. The summed E-state index contributed by atoms with van der Waals surface area (Å²) in [7, 11) is -3.32. The van der Waals surface area contributed by atoms with Crippen molar-refractivity contribution in [1.82, 2.24) is 0 Å². The Morgan fingerprint density at radius 1 is 0.926 bits per heavy atom. The van der Waals surface area contributed by atoms with Crippen molar-refractivity contribution >= 4 is 27.4 Å². The fraction of sp³-hybridized carbons (Fsp3) is 0.0909. The van der Waals surface area contributed by atoms with Crippen molar-refractivity contribution in [3.63, 3.8) is 0 Å². The molecule has 0 saturated carbocycles. The number of rotatable bonds is 3. The van der Waals surface area contributed by atoms with Crippen molar-refractivity contribution in [3.8, 4) is 5.75 Å². The standard InChI is InChI=1S/C22H19NO3S/c1-27(24,25)23-18-9-6-7-16(13-18)14-21-19-10-3-2-8-17(19)15-26-22-12-5-4-11-20(21)22/h2-14,23H,15H2,1H3. The highest BCUT2D eigenvalue weighted by atomic mass is 32.2. The molecule has 0 aromatic heterocycles. The molecule has 0 unspecified atom stereocenters. The van der Waals surface area contributed by atoms with Crippen LogP contribution < -0.4 is 9.46 Å². The highest BCUT2D eigenvalue weighted by Gasteiger charge is 2.18. The average molecular weight is 377 g/mol. The number of hydrogen-bond donors (Lipinski definition) is 1. The lowest BCUT2D eigenvalue weighted by Gasteiger charge is -2.11. The van der Waals surface area contributed by atoms with Gasteiger partial charge in [-0.05, 0) is 46.5 Å². The van der Waals surface area contributed by atoms with E-state index in [4.69, 9.17) is 4.74 Å². The van der Waals surface area contributed by atoms with Gasteiger partial charge in [0, 0.05) is 11.3 Å². The van der Waals surface area contributed by atoms with E-state index in [-0.39, 0.29) is 0 Å². The molecule has 3 aromatic rings. The van der Waals surface area contributed by atoms with Crippen LogP contribution in [-0.4, -0.2) is 14.7 Å². The summed E-state index contributed by atoms with van der Waals surface area (Å²) in [6, 6.07) is 23.5. The fourth-order valence-corrected chi connectivity index (χ4v) is 3.81. The number of ether oxygens (including phenoxy) is 1. The van der Waals surface area contributed by atoms with E-state index in [9.17, 15) is 8.42 Å². The van der Waals surface area contributed by atoms with Crippen molar-refractivity contribution < 1.29 is 13.2 Å². The number of anilines is 1. The first-order chi connectivity index (χ1) is 13.0. The maximum atomic E-state index is 11.5. The molecule has 5 heteroatoms. The quantitative estimate of drug-likeness (QED) is 0.729. The maximum absolute atomic E-state index is 11.5. The minimum Gasteiger partial charge on any atom is -0.488 e. The summed E-state index contributed by atoms with van der Waals surface area (Å²) < 4.78 is 31.6. The largest absolute Gasteiger partial charge is 0.488 e.